The highest BCUT2D eigenvalue weighted by Gasteiger charge is 2.48. The Morgan fingerprint density at radius 3 is 2.53 bits per heavy atom. The van der Waals surface area contributed by atoms with E-state index in [1.807, 2.05) is 6.20 Å². The number of fused-ring (bicyclic) bond motifs is 15. The summed E-state index contributed by atoms with van der Waals surface area (Å²) < 4.78 is 14.7. The van der Waals surface area contributed by atoms with Crippen LogP contribution in [0.15, 0.2) is 108 Å². The number of pyridine rings is 2. The van der Waals surface area contributed by atoms with Gasteiger partial charge in [-0.05, 0) is 54.5 Å². The lowest BCUT2D eigenvalue weighted by Crippen LogP contribution is -2.53. The Morgan fingerprint density at radius 1 is 0.943 bits per heavy atom. The molecule has 0 saturated carbocycles. The summed E-state index contributed by atoms with van der Waals surface area (Å²) in [7, 11) is -1.59. The van der Waals surface area contributed by atoms with Gasteiger partial charge in [0.25, 0.3) is 0 Å². The third kappa shape index (κ3) is 4.70. The molecule has 53 heavy (non-hydrogen) atoms. The third-order valence-corrected chi connectivity index (χ3v) is 14.6. The van der Waals surface area contributed by atoms with Crippen molar-refractivity contribution in [1.29, 1.82) is 0 Å². The number of hydrogen-bond donors (Lipinski definition) is 0. The SMILES string of the molecule is C=C1CC2C(CCc3ccc4c(oc5ccccc54)c3-c3n(C4=C(C(C)C)C4C)c4c(C)nccc4[n+]31)c1ccccc1-c1ccc([Si](C)(C)C)c[n+]12. The number of furan rings is 1. The van der Waals surface area contributed by atoms with Crippen molar-refractivity contribution in [2.24, 2.45) is 11.8 Å². The zero-order valence-corrected chi connectivity index (χ0v) is 33.0. The van der Waals surface area contributed by atoms with Crippen LogP contribution >= 0.6 is 0 Å². The minimum atomic E-state index is -1.59. The molecular formula is C47H48N4OSi+2. The summed E-state index contributed by atoms with van der Waals surface area (Å²) in [4.78, 5) is 4.92. The van der Waals surface area contributed by atoms with Crippen molar-refractivity contribution in [2.75, 3.05) is 0 Å². The second kappa shape index (κ2) is 11.5. The van der Waals surface area contributed by atoms with Crippen LogP contribution in [-0.4, -0.2) is 17.6 Å². The van der Waals surface area contributed by atoms with Crippen LogP contribution in [0, 0.1) is 18.8 Å². The Kier molecular flexibility index (Phi) is 7.04. The van der Waals surface area contributed by atoms with Gasteiger partial charge >= 0.3 is 5.82 Å². The monoisotopic (exact) mass is 712 g/mol. The second-order valence-electron chi connectivity index (χ2n) is 17.1. The van der Waals surface area contributed by atoms with Crippen molar-refractivity contribution in [3.8, 4) is 22.6 Å². The van der Waals surface area contributed by atoms with Crippen LogP contribution in [0.2, 0.25) is 19.6 Å². The molecule has 0 radical (unpaired) electrons. The predicted octanol–water partition coefficient (Wildman–Crippen LogP) is 10.4. The average molecular weight is 713 g/mol. The zero-order chi connectivity index (χ0) is 36.5. The first-order chi connectivity index (χ1) is 25.5. The number of nitrogens with zero attached hydrogens (tertiary/aromatic N) is 4. The zero-order valence-electron chi connectivity index (χ0n) is 32.0. The Bertz CT molecular complexity index is 2740. The van der Waals surface area contributed by atoms with Gasteiger partial charge in [0.2, 0.25) is 11.2 Å². The van der Waals surface area contributed by atoms with Gasteiger partial charge in [0.05, 0.1) is 20.2 Å². The molecule has 10 rings (SSSR count). The van der Waals surface area contributed by atoms with Gasteiger partial charge in [0.15, 0.2) is 23.3 Å². The van der Waals surface area contributed by atoms with Crippen molar-refractivity contribution >= 4 is 57.6 Å². The van der Waals surface area contributed by atoms with Crippen LogP contribution in [0.4, 0.5) is 0 Å². The molecule has 264 valence electrons. The Labute approximate surface area is 312 Å². The lowest BCUT2D eigenvalue weighted by molar-refractivity contribution is -0.719. The van der Waals surface area contributed by atoms with Gasteiger partial charge in [-0.1, -0.05) is 102 Å². The van der Waals surface area contributed by atoms with Crippen molar-refractivity contribution in [3.05, 3.63) is 120 Å². The van der Waals surface area contributed by atoms with Gasteiger partial charge < -0.3 is 4.42 Å². The molecule has 3 unspecified atom stereocenters. The normalized spacial score (nSPS) is 19.7. The number of imidazole rings is 1. The number of benzene rings is 3. The van der Waals surface area contributed by atoms with E-state index in [1.165, 1.54) is 49.9 Å². The topological polar surface area (TPSA) is 38.7 Å². The number of aromatic nitrogens is 4. The highest BCUT2D eigenvalue weighted by molar-refractivity contribution is 6.88. The van der Waals surface area contributed by atoms with Crippen LogP contribution in [0.25, 0.3) is 67.0 Å². The number of allylic oxidation sites excluding steroid dienone is 3. The standard InChI is InChI=1S/C47H48N4OSi/c1-27(2)42-29(4)44(42)51-45-30(5)48-24-23-39(45)50-28(3)25-40-35(33-13-9-10-14-34(33)38-22-19-32(26-49(38)40)53(6,7)8)20-17-31-18-21-37-36-15-11-12-16-41(36)52-46(37)43(31)47(50)51/h9-16,18-19,21-24,26-27,29,35,40H,3,17,20,25H2,1-2,4-8H3/q+2. The van der Waals surface area contributed by atoms with Crippen LogP contribution in [0.1, 0.15) is 62.4 Å². The maximum atomic E-state index is 6.96. The molecule has 6 heteroatoms. The largest absolute Gasteiger partial charge is 0.455 e. The maximum Gasteiger partial charge on any atom is 0.303 e. The first-order valence-electron chi connectivity index (χ1n) is 19.5. The molecule has 4 aromatic heterocycles. The quantitative estimate of drug-likeness (QED) is 0.135. The molecular weight excluding hydrogens is 665 g/mol. The summed E-state index contributed by atoms with van der Waals surface area (Å²) in [6, 6.07) is 29.6. The summed E-state index contributed by atoms with van der Waals surface area (Å²) in [6.45, 7) is 21.6. The highest BCUT2D eigenvalue weighted by Crippen LogP contribution is 2.52. The van der Waals surface area contributed by atoms with E-state index in [-0.39, 0.29) is 6.04 Å². The maximum absolute atomic E-state index is 6.96. The van der Waals surface area contributed by atoms with Gasteiger partial charge in [0.1, 0.15) is 22.5 Å². The van der Waals surface area contributed by atoms with Gasteiger partial charge in [-0.15, -0.1) is 0 Å². The molecule has 7 aromatic rings. The molecule has 0 fully saturated rings. The molecule has 0 amide bonds. The minimum Gasteiger partial charge on any atom is -0.455 e. The fourth-order valence-electron chi connectivity index (χ4n) is 10.00. The van der Waals surface area contributed by atoms with Crippen molar-refractivity contribution in [2.45, 2.75) is 78.6 Å². The van der Waals surface area contributed by atoms with E-state index in [9.17, 15) is 0 Å². The smallest absolute Gasteiger partial charge is 0.303 e. The van der Waals surface area contributed by atoms with Gasteiger partial charge in [-0.3, -0.25) is 4.98 Å². The highest BCUT2D eigenvalue weighted by atomic mass is 28.3. The Hall–Kier alpha value is -5.07. The minimum absolute atomic E-state index is 0.215. The van der Waals surface area contributed by atoms with Crippen LogP contribution in [-0.2, 0) is 6.42 Å². The summed E-state index contributed by atoms with van der Waals surface area (Å²) in [6.07, 6.45) is 7.25. The number of para-hydroxylation sites is 1. The van der Waals surface area contributed by atoms with Crippen LogP contribution in [0.5, 0.6) is 0 Å². The molecule has 0 N–H and O–H groups in total. The number of hydrogen-bond acceptors (Lipinski definition) is 2. The van der Waals surface area contributed by atoms with Crippen molar-refractivity contribution in [1.82, 2.24) is 9.55 Å². The fraction of sp³-hybridized carbons (Fsp3) is 0.298. The third-order valence-electron chi connectivity index (χ3n) is 12.6. The molecule has 0 spiro atoms. The van der Waals surface area contributed by atoms with E-state index in [0.29, 0.717) is 17.8 Å². The predicted molar refractivity (Wildman–Crippen MR) is 220 cm³/mol. The lowest BCUT2D eigenvalue weighted by atomic mass is 9.77. The Balaban J connectivity index is 1.31. The Morgan fingerprint density at radius 2 is 1.74 bits per heavy atom. The molecule has 6 heterocycles. The summed E-state index contributed by atoms with van der Waals surface area (Å²) in [5, 5.41) is 3.80. The molecule has 3 aliphatic rings. The summed E-state index contributed by atoms with van der Waals surface area (Å²) >= 11 is 0. The molecule has 3 aromatic carbocycles. The van der Waals surface area contributed by atoms with E-state index in [1.54, 1.807) is 0 Å². The molecule has 1 aliphatic carbocycles. The van der Waals surface area contributed by atoms with Crippen molar-refractivity contribution in [3.63, 3.8) is 0 Å². The van der Waals surface area contributed by atoms with Crippen LogP contribution < -0.4 is 14.3 Å². The summed E-state index contributed by atoms with van der Waals surface area (Å²) in [5.41, 5.74) is 15.9. The first-order valence-corrected chi connectivity index (χ1v) is 23.0. The van der Waals surface area contributed by atoms with Gasteiger partial charge in [0, 0.05) is 51.7 Å². The van der Waals surface area contributed by atoms with E-state index in [4.69, 9.17) is 16.0 Å². The van der Waals surface area contributed by atoms with E-state index in [0.717, 1.165) is 63.9 Å². The molecule has 0 bridgehead atoms. The van der Waals surface area contributed by atoms with Crippen LogP contribution in [0.3, 0.4) is 0 Å². The average Bonchev–Trinajstić information content (AvgIpc) is 3.48. The van der Waals surface area contributed by atoms with E-state index in [2.05, 4.69) is 146 Å². The van der Waals surface area contributed by atoms with E-state index >= 15 is 0 Å². The van der Waals surface area contributed by atoms with Gasteiger partial charge in [-0.25, -0.2) is 0 Å². The fourth-order valence-corrected chi connectivity index (χ4v) is 11.1. The molecule has 5 nitrogen and oxygen atoms in total. The molecule has 3 atom stereocenters. The summed E-state index contributed by atoms with van der Waals surface area (Å²) in [5.74, 6) is 2.30. The lowest BCUT2D eigenvalue weighted by Gasteiger charge is -2.32. The first kappa shape index (κ1) is 32.6. The number of aryl methyl sites for hydroxylation is 2. The molecule has 0 saturated heterocycles. The number of rotatable bonds is 3. The van der Waals surface area contributed by atoms with E-state index < -0.39 is 8.07 Å². The van der Waals surface area contributed by atoms with Crippen molar-refractivity contribution < 1.29 is 13.6 Å². The second-order valence-corrected chi connectivity index (χ2v) is 22.2. The molecule has 2 aliphatic heterocycles. The van der Waals surface area contributed by atoms with Gasteiger partial charge in [-0.2, -0.15) is 13.7 Å².